The molecular formula is C12H11BrN2. The van der Waals surface area contributed by atoms with Crippen LogP contribution in [0.1, 0.15) is 5.56 Å². The molecule has 0 fully saturated rings. The van der Waals surface area contributed by atoms with E-state index in [0.717, 1.165) is 11.1 Å². The van der Waals surface area contributed by atoms with Gasteiger partial charge in [-0.25, -0.2) is 4.98 Å². The largest absolute Gasteiger partial charge is 0.332 e. The molecule has 3 heteroatoms. The average molecular weight is 263 g/mol. The van der Waals surface area contributed by atoms with Crippen molar-refractivity contribution in [3.8, 4) is 0 Å². The highest BCUT2D eigenvalue weighted by atomic mass is 79.9. The zero-order valence-electron chi connectivity index (χ0n) is 8.18. The number of hydrogen-bond donors (Lipinski definition) is 0. The smallest absolute Gasteiger partial charge is 0.124 e. The Bertz CT molecular complexity index is 446. The molecule has 0 aliphatic rings. The molecule has 1 heterocycles. The minimum atomic E-state index is 0.841. The second kappa shape index (κ2) is 4.94. The van der Waals surface area contributed by atoms with E-state index in [0.29, 0.717) is 0 Å². The van der Waals surface area contributed by atoms with Gasteiger partial charge in [0, 0.05) is 12.7 Å². The number of hydrogen-bond acceptors (Lipinski definition) is 1. The monoisotopic (exact) mass is 262 g/mol. The maximum absolute atomic E-state index is 4.09. The number of nitrogens with zero attached hydrogens (tertiary/aromatic N) is 2. The molecule has 15 heavy (non-hydrogen) atoms. The highest BCUT2D eigenvalue weighted by Gasteiger charge is 1.90. The molecular weight excluding hydrogens is 252 g/mol. The van der Waals surface area contributed by atoms with E-state index in [1.807, 2.05) is 29.0 Å². The maximum Gasteiger partial charge on any atom is 0.124 e. The van der Waals surface area contributed by atoms with E-state index in [9.17, 15) is 0 Å². The molecule has 0 N–H and O–H groups in total. The Morgan fingerprint density at radius 3 is 2.73 bits per heavy atom. The van der Waals surface area contributed by atoms with Crippen LogP contribution in [0.25, 0.3) is 6.08 Å². The Balaban J connectivity index is 1.96. The van der Waals surface area contributed by atoms with Gasteiger partial charge in [-0.3, -0.25) is 0 Å². The van der Waals surface area contributed by atoms with Crippen LogP contribution in [0.15, 0.2) is 53.5 Å². The fourth-order valence-corrected chi connectivity index (χ4v) is 1.66. The van der Waals surface area contributed by atoms with Crippen LogP contribution < -0.4 is 0 Å². The molecule has 0 spiro atoms. The number of benzene rings is 1. The Kier molecular flexibility index (Phi) is 3.35. The van der Waals surface area contributed by atoms with Crippen LogP contribution in [0.5, 0.6) is 0 Å². The first-order valence-electron chi connectivity index (χ1n) is 4.73. The summed E-state index contributed by atoms with van der Waals surface area (Å²) >= 11 is 3.31. The van der Waals surface area contributed by atoms with Crippen molar-refractivity contribution in [3.05, 3.63) is 59.1 Å². The first-order chi connectivity index (χ1) is 7.34. The molecule has 1 aromatic carbocycles. The summed E-state index contributed by atoms with van der Waals surface area (Å²) in [7, 11) is 0. The van der Waals surface area contributed by atoms with Gasteiger partial charge in [0.05, 0.1) is 6.33 Å². The number of halogens is 1. The highest BCUT2D eigenvalue weighted by Crippen LogP contribution is 2.05. The lowest BCUT2D eigenvalue weighted by Crippen LogP contribution is -1.89. The van der Waals surface area contributed by atoms with E-state index < -0.39 is 0 Å². The van der Waals surface area contributed by atoms with Crippen molar-refractivity contribution >= 4 is 22.0 Å². The van der Waals surface area contributed by atoms with E-state index in [4.69, 9.17) is 0 Å². The van der Waals surface area contributed by atoms with Crippen molar-refractivity contribution in [3.63, 3.8) is 0 Å². The zero-order valence-corrected chi connectivity index (χ0v) is 9.76. The Morgan fingerprint density at radius 1 is 1.27 bits per heavy atom. The highest BCUT2D eigenvalue weighted by molar-refractivity contribution is 9.10. The Labute approximate surface area is 97.4 Å². The molecule has 0 saturated carbocycles. The molecule has 2 nitrogen and oxygen atoms in total. The molecule has 0 bridgehead atoms. The number of imidazole rings is 1. The minimum Gasteiger partial charge on any atom is -0.332 e. The molecule has 76 valence electrons. The van der Waals surface area contributed by atoms with Gasteiger partial charge in [-0.2, -0.15) is 0 Å². The molecule has 0 unspecified atom stereocenters. The average Bonchev–Trinajstić information content (AvgIpc) is 2.66. The third-order valence-electron chi connectivity index (χ3n) is 2.03. The molecule has 0 aliphatic carbocycles. The molecule has 1 aromatic heterocycles. The van der Waals surface area contributed by atoms with Gasteiger partial charge in [-0.05, 0) is 21.5 Å². The SMILES string of the molecule is Brc1cn(C/C=C/c2ccccc2)cn1. The summed E-state index contributed by atoms with van der Waals surface area (Å²) in [5.41, 5.74) is 1.22. The summed E-state index contributed by atoms with van der Waals surface area (Å²) in [5.74, 6) is 0. The molecule has 0 amide bonds. The van der Waals surface area contributed by atoms with Crippen LogP contribution in [0.2, 0.25) is 0 Å². The van der Waals surface area contributed by atoms with E-state index in [2.05, 4.69) is 45.2 Å². The van der Waals surface area contributed by atoms with Gasteiger partial charge in [0.2, 0.25) is 0 Å². The lowest BCUT2D eigenvalue weighted by atomic mass is 10.2. The topological polar surface area (TPSA) is 17.8 Å². The molecule has 0 atom stereocenters. The van der Waals surface area contributed by atoms with Crippen molar-refractivity contribution in [2.45, 2.75) is 6.54 Å². The fraction of sp³-hybridized carbons (Fsp3) is 0.0833. The molecule has 0 radical (unpaired) electrons. The first kappa shape index (κ1) is 10.2. The fourth-order valence-electron chi connectivity index (χ4n) is 1.31. The van der Waals surface area contributed by atoms with E-state index in [1.54, 1.807) is 6.33 Å². The molecule has 2 aromatic rings. The van der Waals surface area contributed by atoms with Gasteiger partial charge >= 0.3 is 0 Å². The van der Waals surface area contributed by atoms with E-state index in [-0.39, 0.29) is 0 Å². The minimum absolute atomic E-state index is 0.841. The van der Waals surface area contributed by atoms with Gasteiger partial charge in [-0.15, -0.1) is 0 Å². The van der Waals surface area contributed by atoms with Gasteiger partial charge < -0.3 is 4.57 Å². The summed E-state index contributed by atoms with van der Waals surface area (Å²) in [5, 5.41) is 0. The summed E-state index contributed by atoms with van der Waals surface area (Å²) in [4.78, 5) is 4.09. The lowest BCUT2D eigenvalue weighted by Gasteiger charge is -1.94. The predicted molar refractivity (Wildman–Crippen MR) is 65.4 cm³/mol. The van der Waals surface area contributed by atoms with Crippen molar-refractivity contribution in [2.75, 3.05) is 0 Å². The normalized spacial score (nSPS) is 11.0. The van der Waals surface area contributed by atoms with E-state index in [1.165, 1.54) is 5.56 Å². The Morgan fingerprint density at radius 2 is 2.07 bits per heavy atom. The van der Waals surface area contributed by atoms with Gasteiger partial charge in [0.1, 0.15) is 4.60 Å². The summed E-state index contributed by atoms with van der Waals surface area (Å²) < 4.78 is 2.89. The summed E-state index contributed by atoms with van der Waals surface area (Å²) in [6.07, 6.45) is 7.98. The number of aromatic nitrogens is 2. The van der Waals surface area contributed by atoms with Crippen molar-refractivity contribution in [2.24, 2.45) is 0 Å². The first-order valence-corrected chi connectivity index (χ1v) is 5.53. The van der Waals surface area contributed by atoms with Crippen molar-refractivity contribution < 1.29 is 0 Å². The quantitative estimate of drug-likeness (QED) is 0.830. The van der Waals surface area contributed by atoms with Crippen LogP contribution >= 0.6 is 15.9 Å². The van der Waals surface area contributed by atoms with Crippen LogP contribution in [0.3, 0.4) is 0 Å². The second-order valence-corrected chi connectivity index (χ2v) is 4.02. The summed E-state index contributed by atoms with van der Waals surface area (Å²) in [6, 6.07) is 10.3. The van der Waals surface area contributed by atoms with Crippen LogP contribution in [-0.4, -0.2) is 9.55 Å². The molecule has 0 saturated heterocycles. The Hall–Kier alpha value is -1.35. The third kappa shape index (κ3) is 3.06. The maximum atomic E-state index is 4.09. The van der Waals surface area contributed by atoms with E-state index >= 15 is 0 Å². The number of allylic oxidation sites excluding steroid dienone is 1. The summed E-state index contributed by atoms with van der Waals surface area (Å²) in [6.45, 7) is 0.841. The molecule has 0 aliphatic heterocycles. The number of rotatable bonds is 3. The lowest BCUT2D eigenvalue weighted by molar-refractivity contribution is 0.822. The predicted octanol–water partition coefficient (Wildman–Crippen LogP) is 3.36. The van der Waals surface area contributed by atoms with Gasteiger partial charge in [0.25, 0.3) is 0 Å². The molecule has 2 rings (SSSR count). The third-order valence-corrected chi connectivity index (χ3v) is 2.44. The van der Waals surface area contributed by atoms with Gasteiger partial charge in [-0.1, -0.05) is 42.5 Å². The van der Waals surface area contributed by atoms with Crippen molar-refractivity contribution in [1.82, 2.24) is 9.55 Å². The second-order valence-electron chi connectivity index (χ2n) is 3.21. The zero-order chi connectivity index (χ0) is 10.5. The standard InChI is InChI=1S/C12H11BrN2/c13-12-9-15(10-14-12)8-4-7-11-5-2-1-3-6-11/h1-7,9-10H,8H2/b7-4+. The van der Waals surface area contributed by atoms with Crippen LogP contribution in [-0.2, 0) is 6.54 Å². The van der Waals surface area contributed by atoms with Crippen LogP contribution in [0.4, 0.5) is 0 Å². The van der Waals surface area contributed by atoms with Crippen molar-refractivity contribution in [1.29, 1.82) is 0 Å². The van der Waals surface area contributed by atoms with Gasteiger partial charge in [0.15, 0.2) is 0 Å². The van der Waals surface area contributed by atoms with Crippen LogP contribution in [0, 0.1) is 0 Å².